The number of benzene rings is 2. The molecule has 4 nitrogen and oxygen atoms in total. The van der Waals surface area contributed by atoms with Crippen LogP contribution < -0.4 is 19.5 Å². The predicted octanol–water partition coefficient (Wildman–Crippen LogP) is 2.91. The van der Waals surface area contributed by atoms with Gasteiger partial charge >= 0.3 is 0 Å². The van der Waals surface area contributed by atoms with E-state index in [1.165, 1.54) is 5.56 Å². The van der Waals surface area contributed by atoms with E-state index in [1.807, 2.05) is 36.4 Å². The van der Waals surface area contributed by atoms with E-state index >= 15 is 0 Å². The molecule has 0 aliphatic rings. The molecule has 118 valence electrons. The third kappa shape index (κ3) is 5.30. The summed E-state index contributed by atoms with van der Waals surface area (Å²) in [5.74, 6) is 2.59. The fraction of sp³-hybridized carbons (Fsp3) is 0.333. The fourth-order valence-corrected chi connectivity index (χ4v) is 2.06. The van der Waals surface area contributed by atoms with Crippen LogP contribution >= 0.6 is 0 Å². The van der Waals surface area contributed by atoms with Gasteiger partial charge in [-0.2, -0.15) is 0 Å². The molecule has 0 heterocycles. The normalized spacial score (nSPS) is 10.3. The zero-order valence-electron chi connectivity index (χ0n) is 13.2. The average Bonchev–Trinajstić information content (AvgIpc) is 2.59. The maximum atomic E-state index is 5.65. The van der Waals surface area contributed by atoms with Crippen molar-refractivity contribution in [2.75, 3.05) is 33.9 Å². The Bertz CT molecular complexity index is 486. The molecule has 4 heteroatoms. The number of hydrogen-bond donors (Lipinski definition) is 1. The van der Waals surface area contributed by atoms with Crippen LogP contribution in [0.2, 0.25) is 0 Å². The zero-order valence-corrected chi connectivity index (χ0v) is 13.2. The monoisotopic (exact) mass is 301 g/mol. The van der Waals surface area contributed by atoms with E-state index in [0.29, 0.717) is 6.61 Å². The van der Waals surface area contributed by atoms with Crippen LogP contribution in [0.4, 0.5) is 0 Å². The van der Waals surface area contributed by atoms with E-state index in [-0.39, 0.29) is 0 Å². The first kappa shape index (κ1) is 16.2. The third-order valence-electron chi connectivity index (χ3n) is 3.36. The second-order valence-corrected chi connectivity index (χ2v) is 4.87. The van der Waals surface area contributed by atoms with Gasteiger partial charge in [0.1, 0.15) is 23.9 Å². The van der Waals surface area contributed by atoms with Crippen LogP contribution in [0.3, 0.4) is 0 Å². The van der Waals surface area contributed by atoms with Gasteiger partial charge in [-0.15, -0.1) is 0 Å². The van der Waals surface area contributed by atoms with Crippen LogP contribution in [0.5, 0.6) is 17.2 Å². The summed E-state index contributed by atoms with van der Waals surface area (Å²) in [6.07, 6.45) is 0.993. The van der Waals surface area contributed by atoms with Gasteiger partial charge in [0.15, 0.2) is 0 Å². The first-order valence-corrected chi connectivity index (χ1v) is 7.42. The van der Waals surface area contributed by atoms with Crippen molar-refractivity contribution in [3.63, 3.8) is 0 Å². The van der Waals surface area contributed by atoms with Crippen LogP contribution in [-0.4, -0.2) is 33.9 Å². The molecule has 2 aromatic carbocycles. The summed E-state index contributed by atoms with van der Waals surface area (Å²) in [6.45, 7) is 2.40. The Kier molecular flexibility index (Phi) is 6.58. The molecule has 0 saturated heterocycles. The Hall–Kier alpha value is -2.20. The Morgan fingerprint density at radius 2 is 1.27 bits per heavy atom. The molecule has 2 rings (SSSR count). The fourth-order valence-electron chi connectivity index (χ4n) is 2.06. The molecule has 0 aliphatic carbocycles. The number of nitrogens with one attached hydrogen (secondary N) is 1. The molecule has 0 amide bonds. The van der Waals surface area contributed by atoms with E-state index < -0.39 is 0 Å². The maximum Gasteiger partial charge on any atom is 0.119 e. The summed E-state index contributed by atoms with van der Waals surface area (Å²) in [5, 5.41) is 3.37. The van der Waals surface area contributed by atoms with E-state index in [0.717, 1.165) is 36.8 Å². The quantitative estimate of drug-likeness (QED) is 0.723. The lowest BCUT2D eigenvalue weighted by Crippen LogP contribution is -2.23. The highest BCUT2D eigenvalue weighted by atomic mass is 16.5. The number of methoxy groups -OCH3 is 2. The van der Waals surface area contributed by atoms with Gasteiger partial charge in [0.05, 0.1) is 14.2 Å². The van der Waals surface area contributed by atoms with Gasteiger partial charge in [-0.05, 0) is 54.9 Å². The van der Waals surface area contributed by atoms with E-state index in [9.17, 15) is 0 Å². The van der Waals surface area contributed by atoms with Gasteiger partial charge in [0, 0.05) is 6.54 Å². The molecule has 1 N–H and O–H groups in total. The van der Waals surface area contributed by atoms with Gasteiger partial charge in [0.25, 0.3) is 0 Å². The lowest BCUT2D eigenvalue weighted by Gasteiger charge is -2.08. The molecular weight excluding hydrogens is 278 g/mol. The van der Waals surface area contributed by atoms with Crippen molar-refractivity contribution >= 4 is 0 Å². The number of rotatable bonds is 9. The molecule has 0 fully saturated rings. The molecule has 0 unspecified atom stereocenters. The van der Waals surface area contributed by atoms with Crippen LogP contribution in [-0.2, 0) is 6.42 Å². The maximum absolute atomic E-state index is 5.65. The summed E-state index contributed by atoms with van der Waals surface area (Å²) in [7, 11) is 3.34. The van der Waals surface area contributed by atoms with Crippen LogP contribution in [0, 0.1) is 0 Å². The molecule has 0 bridgehead atoms. The van der Waals surface area contributed by atoms with Crippen LogP contribution in [0.15, 0.2) is 48.5 Å². The van der Waals surface area contributed by atoms with Gasteiger partial charge in [0.2, 0.25) is 0 Å². The average molecular weight is 301 g/mol. The second-order valence-electron chi connectivity index (χ2n) is 4.87. The minimum atomic E-state index is 0.648. The number of ether oxygens (including phenoxy) is 3. The van der Waals surface area contributed by atoms with Crippen molar-refractivity contribution in [2.24, 2.45) is 0 Å². The van der Waals surface area contributed by atoms with E-state index in [1.54, 1.807) is 14.2 Å². The minimum Gasteiger partial charge on any atom is -0.497 e. The summed E-state index contributed by atoms with van der Waals surface area (Å²) >= 11 is 0. The molecule has 22 heavy (non-hydrogen) atoms. The Morgan fingerprint density at radius 1 is 0.727 bits per heavy atom. The highest BCUT2D eigenvalue weighted by Crippen LogP contribution is 2.16. The summed E-state index contributed by atoms with van der Waals surface area (Å²) in [4.78, 5) is 0. The second kappa shape index (κ2) is 8.95. The zero-order chi connectivity index (χ0) is 15.6. The van der Waals surface area contributed by atoms with Crippen molar-refractivity contribution in [2.45, 2.75) is 6.42 Å². The molecule has 0 spiro atoms. The molecule has 0 radical (unpaired) electrons. The predicted molar refractivity (Wildman–Crippen MR) is 88.1 cm³/mol. The molecule has 0 saturated carbocycles. The van der Waals surface area contributed by atoms with Crippen molar-refractivity contribution in [3.8, 4) is 17.2 Å². The lowest BCUT2D eigenvalue weighted by molar-refractivity contribution is 0.313. The van der Waals surface area contributed by atoms with Crippen molar-refractivity contribution in [3.05, 3.63) is 54.1 Å². The van der Waals surface area contributed by atoms with Crippen LogP contribution in [0.25, 0.3) is 0 Å². The van der Waals surface area contributed by atoms with Crippen molar-refractivity contribution < 1.29 is 14.2 Å². The summed E-state index contributed by atoms with van der Waals surface area (Å²) in [5.41, 5.74) is 1.30. The SMILES string of the molecule is COc1ccc(CCNCCOc2ccc(OC)cc2)cc1. The Labute approximate surface area is 132 Å². The molecular formula is C18H23NO3. The van der Waals surface area contributed by atoms with E-state index in [4.69, 9.17) is 14.2 Å². The molecule has 0 aliphatic heterocycles. The van der Waals surface area contributed by atoms with Crippen LogP contribution in [0.1, 0.15) is 5.56 Å². The first-order valence-electron chi connectivity index (χ1n) is 7.42. The lowest BCUT2D eigenvalue weighted by atomic mass is 10.1. The van der Waals surface area contributed by atoms with E-state index in [2.05, 4.69) is 17.4 Å². The largest absolute Gasteiger partial charge is 0.497 e. The Morgan fingerprint density at radius 3 is 1.86 bits per heavy atom. The highest BCUT2D eigenvalue weighted by Gasteiger charge is 1.97. The highest BCUT2D eigenvalue weighted by molar-refractivity contribution is 5.31. The topological polar surface area (TPSA) is 39.7 Å². The number of hydrogen-bond acceptors (Lipinski definition) is 4. The Balaban J connectivity index is 1.58. The van der Waals surface area contributed by atoms with Gasteiger partial charge < -0.3 is 19.5 Å². The van der Waals surface area contributed by atoms with Crippen molar-refractivity contribution in [1.29, 1.82) is 0 Å². The summed E-state index contributed by atoms with van der Waals surface area (Å²) in [6, 6.07) is 15.8. The molecule has 0 aromatic heterocycles. The first-order chi connectivity index (χ1) is 10.8. The van der Waals surface area contributed by atoms with Gasteiger partial charge in [-0.3, -0.25) is 0 Å². The van der Waals surface area contributed by atoms with Gasteiger partial charge in [-0.1, -0.05) is 12.1 Å². The minimum absolute atomic E-state index is 0.648. The van der Waals surface area contributed by atoms with Crippen molar-refractivity contribution in [1.82, 2.24) is 5.32 Å². The summed E-state index contributed by atoms with van der Waals surface area (Å²) < 4.78 is 15.9. The standard InChI is InChI=1S/C18H23NO3/c1-20-16-5-3-15(4-6-16)11-12-19-13-14-22-18-9-7-17(21-2)8-10-18/h3-10,19H,11-14H2,1-2H3. The van der Waals surface area contributed by atoms with Gasteiger partial charge in [-0.25, -0.2) is 0 Å². The smallest absolute Gasteiger partial charge is 0.119 e. The third-order valence-corrected chi connectivity index (χ3v) is 3.36. The molecule has 0 atom stereocenters. The molecule has 2 aromatic rings.